The van der Waals surface area contributed by atoms with E-state index in [4.69, 9.17) is 0 Å². The number of hydrogen-bond donors (Lipinski definition) is 0. The lowest BCUT2D eigenvalue weighted by Crippen LogP contribution is -2.26. The van der Waals surface area contributed by atoms with Crippen LogP contribution in [0.15, 0.2) is 41.7 Å². The Labute approximate surface area is 84.4 Å². The third kappa shape index (κ3) is 1.60. The van der Waals surface area contributed by atoms with Crippen LogP contribution in [0.5, 0.6) is 0 Å². The summed E-state index contributed by atoms with van der Waals surface area (Å²) < 4.78 is 0. The Morgan fingerprint density at radius 3 is 2.79 bits per heavy atom. The van der Waals surface area contributed by atoms with E-state index in [1.54, 1.807) is 0 Å². The predicted octanol–water partition coefficient (Wildman–Crippen LogP) is 2.81. The number of hydrogen-bond acceptors (Lipinski definition) is 2. The Kier molecular flexibility index (Phi) is 2.20. The van der Waals surface area contributed by atoms with Gasteiger partial charge in [0.15, 0.2) is 0 Å². The molecule has 0 atom stereocenters. The molecule has 0 spiro atoms. The number of allylic oxidation sites excluding steroid dienone is 1. The van der Waals surface area contributed by atoms with Gasteiger partial charge in [0.1, 0.15) is 0 Å². The SMILES string of the molecule is CC1(C)CC=CN=C1c1ccccn1. The molecular weight excluding hydrogens is 172 g/mol. The molecule has 14 heavy (non-hydrogen) atoms. The second-order valence-electron chi connectivity index (χ2n) is 4.17. The van der Waals surface area contributed by atoms with E-state index in [2.05, 4.69) is 29.9 Å². The van der Waals surface area contributed by atoms with Crippen LogP contribution in [0.3, 0.4) is 0 Å². The van der Waals surface area contributed by atoms with Gasteiger partial charge >= 0.3 is 0 Å². The molecule has 1 aromatic heterocycles. The van der Waals surface area contributed by atoms with Crippen LogP contribution in [0.4, 0.5) is 0 Å². The van der Waals surface area contributed by atoms with Crippen LogP contribution in [-0.2, 0) is 0 Å². The minimum atomic E-state index is 0.100. The van der Waals surface area contributed by atoms with Crippen molar-refractivity contribution < 1.29 is 0 Å². The molecule has 1 aromatic rings. The zero-order valence-corrected chi connectivity index (χ0v) is 8.57. The largest absolute Gasteiger partial charge is 0.259 e. The summed E-state index contributed by atoms with van der Waals surface area (Å²) in [5, 5.41) is 0. The van der Waals surface area contributed by atoms with Gasteiger partial charge in [0.2, 0.25) is 0 Å². The minimum absolute atomic E-state index is 0.100. The summed E-state index contributed by atoms with van der Waals surface area (Å²) in [6.07, 6.45) is 6.82. The van der Waals surface area contributed by atoms with E-state index in [-0.39, 0.29) is 5.41 Å². The molecule has 0 fully saturated rings. The van der Waals surface area contributed by atoms with Crippen molar-refractivity contribution in [3.8, 4) is 0 Å². The minimum Gasteiger partial charge on any atom is -0.259 e. The van der Waals surface area contributed by atoms with E-state index in [0.717, 1.165) is 17.8 Å². The van der Waals surface area contributed by atoms with Crippen molar-refractivity contribution in [2.45, 2.75) is 20.3 Å². The van der Waals surface area contributed by atoms with Crippen LogP contribution < -0.4 is 0 Å². The molecule has 2 heterocycles. The number of rotatable bonds is 1. The van der Waals surface area contributed by atoms with Gasteiger partial charge in [0.25, 0.3) is 0 Å². The van der Waals surface area contributed by atoms with Crippen LogP contribution in [0.25, 0.3) is 0 Å². The first-order chi connectivity index (χ1) is 6.70. The zero-order chi connectivity index (χ0) is 10.0. The molecule has 2 nitrogen and oxygen atoms in total. The third-order valence-electron chi connectivity index (χ3n) is 2.49. The Bertz CT molecular complexity index is 375. The van der Waals surface area contributed by atoms with Gasteiger partial charge in [-0.1, -0.05) is 26.0 Å². The van der Waals surface area contributed by atoms with Gasteiger partial charge in [0.05, 0.1) is 11.4 Å². The molecule has 1 aliphatic rings. The summed E-state index contributed by atoms with van der Waals surface area (Å²) in [5.41, 5.74) is 2.17. The predicted molar refractivity (Wildman–Crippen MR) is 58.3 cm³/mol. The van der Waals surface area contributed by atoms with Crippen molar-refractivity contribution in [2.75, 3.05) is 0 Å². The molecule has 72 valence electrons. The van der Waals surface area contributed by atoms with Crippen LogP contribution in [0.2, 0.25) is 0 Å². The Morgan fingerprint density at radius 2 is 2.14 bits per heavy atom. The molecular formula is C12H14N2. The average molecular weight is 186 g/mol. The standard InChI is InChI=1S/C12H14N2/c1-12(2)7-5-9-14-11(12)10-6-3-4-8-13-10/h3-6,8-9H,7H2,1-2H3. The highest BCUT2D eigenvalue weighted by Gasteiger charge is 2.27. The molecule has 1 aliphatic heterocycles. The smallest absolute Gasteiger partial charge is 0.0850 e. The van der Waals surface area contributed by atoms with Crippen molar-refractivity contribution in [3.05, 3.63) is 42.4 Å². The van der Waals surface area contributed by atoms with Crippen molar-refractivity contribution in [2.24, 2.45) is 10.4 Å². The monoisotopic (exact) mass is 186 g/mol. The van der Waals surface area contributed by atoms with E-state index in [9.17, 15) is 0 Å². The highest BCUT2D eigenvalue weighted by molar-refractivity contribution is 6.03. The first kappa shape index (κ1) is 9.13. The molecule has 0 aromatic carbocycles. The van der Waals surface area contributed by atoms with Crippen molar-refractivity contribution in [1.82, 2.24) is 4.98 Å². The van der Waals surface area contributed by atoms with Crippen molar-refractivity contribution in [3.63, 3.8) is 0 Å². The van der Waals surface area contributed by atoms with Gasteiger partial charge in [-0.3, -0.25) is 9.98 Å². The molecule has 0 N–H and O–H groups in total. The summed E-state index contributed by atoms with van der Waals surface area (Å²) in [4.78, 5) is 8.76. The fraction of sp³-hybridized carbons (Fsp3) is 0.333. The highest BCUT2D eigenvalue weighted by Crippen LogP contribution is 2.29. The first-order valence-corrected chi connectivity index (χ1v) is 4.85. The van der Waals surface area contributed by atoms with Gasteiger partial charge in [-0.05, 0) is 18.6 Å². The van der Waals surface area contributed by atoms with Gasteiger partial charge in [-0.2, -0.15) is 0 Å². The van der Waals surface area contributed by atoms with E-state index in [1.165, 1.54) is 0 Å². The number of nitrogens with zero attached hydrogens (tertiary/aromatic N) is 2. The molecule has 0 unspecified atom stereocenters. The molecule has 0 saturated carbocycles. The lowest BCUT2D eigenvalue weighted by molar-refractivity contribution is 0.525. The molecule has 0 bridgehead atoms. The van der Waals surface area contributed by atoms with Gasteiger partial charge in [0, 0.05) is 17.8 Å². The van der Waals surface area contributed by atoms with Crippen LogP contribution in [-0.4, -0.2) is 10.7 Å². The Hall–Kier alpha value is -1.44. The van der Waals surface area contributed by atoms with Crippen LogP contribution >= 0.6 is 0 Å². The zero-order valence-electron chi connectivity index (χ0n) is 8.57. The molecule has 0 aliphatic carbocycles. The summed E-state index contributed by atoms with van der Waals surface area (Å²) in [6.45, 7) is 4.40. The van der Waals surface area contributed by atoms with Crippen LogP contribution in [0, 0.1) is 5.41 Å². The Morgan fingerprint density at radius 1 is 1.29 bits per heavy atom. The summed E-state index contributed by atoms with van der Waals surface area (Å²) in [6, 6.07) is 5.94. The molecule has 2 heteroatoms. The first-order valence-electron chi connectivity index (χ1n) is 4.85. The lowest BCUT2D eigenvalue weighted by Gasteiger charge is -2.26. The van der Waals surface area contributed by atoms with Gasteiger partial charge < -0.3 is 0 Å². The van der Waals surface area contributed by atoms with E-state index >= 15 is 0 Å². The van der Waals surface area contributed by atoms with Crippen molar-refractivity contribution in [1.29, 1.82) is 0 Å². The lowest BCUT2D eigenvalue weighted by atomic mass is 9.81. The maximum absolute atomic E-state index is 4.43. The molecule has 2 rings (SSSR count). The fourth-order valence-electron chi connectivity index (χ4n) is 1.66. The average Bonchev–Trinajstić information content (AvgIpc) is 2.18. The second-order valence-corrected chi connectivity index (χ2v) is 4.17. The molecule has 0 radical (unpaired) electrons. The highest BCUT2D eigenvalue weighted by atomic mass is 14.8. The second kappa shape index (κ2) is 3.37. The summed E-state index contributed by atoms with van der Waals surface area (Å²) in [5.74, 6) is 0. The summed E-state index contributed by atoms with van der Waals surface area (Å²) >= 11 is 0. The maximum Gasteiger partial charge on any atom is 0.0850 e. The summed E-state index contributed by atoms with van der Waals surface area (Å²) in [7, 11) is 0. The quantitative estimate of drug-likeness (QED) is 0.662. The topological polar surface area (TPSA) is 25.2 Å². The van der Waals surface area contributed by atoms with E-state index in [1.807, 2.05) is 30.6 Å². The number of aliphatic imine (C=N–C) groups is 1. The molecule has 0 saturated heterocycles. The molecule has 0 amide bonds. The van der Waals surface area contributed by atoms with E-state index < -0.39 is 0 Å². The van der Waals surface area contributed by atoms with Gasteiger partial charge in [-0.15, -0.1) is 0 Å². The number of aromatic nitrogens is 1. The van der Waals surface area contributed by atoms with Gasteiger partial charge in [-0.25, -0.2) is 0 Å². The van der Waals surface area contributed by atoms with Crippen molar-refractivity contribution >= 4 is 5.71 Å². The fourth-order valence-corrected chi connectivity index (χ4v) is 1.66. The van der Waals surface area contributed by atoms with Crippen LogP contribution in [0.1, 0.15) is 26.0 Å². The Balaban J connectivity index is 2.43. The normalized spacial score (nSPS) is 19.1. The maximum atomic E-state index is 4.43. The van der Waals surface area contributed by atoms with E-state index in [0.29, 0.717) is 0 Å². The third-order valence-corrected chi connectivity index (χ3v) is 2.49. The number of pyridine rings is 1.